The number of halogens is 2. The molecule has 0 amide bonds. The minimum absolute atomic E-state index is 0. The van der Waals surface area contributed by atoms with E-state index >= 15 is 0 Å². The molecule has 0 aliphatic carbocycles. The van der Waals surface area contributed by atoms with Gasteiger partial charge in [0.2, 0.25) is 0 Å². The predicted molar refractivity (Wildman–Crippen MR) is 99.9 cm³/mol. The summed E-state index contributed by atoms with van der Waals surface area (Å²) in [5, 5.41) is 4.70. The Hall–Kier alpha value is -1.58. The minimum atomic E-state index is 0. The molecule has 0 bridgehead atoms. The van der Waals surface area contributed by atoms with E-state index in [4.69, 9.17) is 0 Å². The molecule has 0 saturated heterocycles. The first-order valence-electron chi connectivity index (χ1n) is 6.98. The lowest BCUT2D eigenvalue weighted by molar-refractivity contribution is 1.09. The second-order valence-corrected chi connectivity index (χ2v) is 6.16. The van der Waals surface area contributed by atoms with Gasteiger partial charge in [-0.05, 0) is 54.8 Å². The van der Waals surface area contributed by atoms with E-state index in [0.29, 0.717) is 0 Å². The number of fused-ring (bicyclic) bond motifs is 1. The summed E-state index contributed by atoms with van der Waals surface area (Å²) in [6.45, 7) is 5.14. The van der Waals surface area contributed by atoms with E-state index in [1.807, 2.05) is 24.4 Å². The number of hydrogen-bond donors (Lipinski definition) is 1. The van der Waals surface area contributed by atoms with E-state index in [2.05, 4.69) is 64.3 Å². The maximum Gasteiger partial charge on any atom is 0.0733 e. The van der Waals surface area contributed by atoms with Crippen molar-refractivity contribution in [3.05, 3.63) is 69.8 Å². The van der Waals surface area contributed by atoms with Gasteiger partial charge in [-0.2, -0.15) is 0 Å². The van der Waals surface area contributed by atoms with Crippen molar-refractivity contribution < 1.29 is 0 Å². The van der Waals surface area contributed by atoms with Gasteiger partial charge in [0.05, 0.1) is 5.52 Å². The number of anilines is 1. The van der Waals surface area contributed by atoms with Crippen molar-refractivity contribution in [3.63, 3.8) is 0 Å². The number of nitrogens with one attached hydrogen (secondary N) is 1. The number of benzene rings is 2. The Balaban J connectivity index is 0.00000176. The Kier molecular flexibility index (Phi) is 5.43. The number of aryl methyl sites for hydroxylation is 2. The summed E-state index contributed by atoms with van der Waals surface area (Å²) in [6, 6.07) is 14.6. The molecule has 3 rings (SSSR count). The number of hydrogen-bond acceptors (Lipinski definition) is 2. The molecule has 0 aliphatic rings. The lowest BCUT2D eigenvalue weighted by atomic mass is 10.0. The Morgan fingerprint density at radius 3 is 2.50 bits per heavy atom. The summed E-state index contributed by atoms with van der Waals surface area (Å²) in [4.78, 5) is 4.42. The quantitative estimate of drug-likeness (QED) is 0.638. The highest BCUT2D eigenvalue weighted by atomic mass is 79.9. The van der Waals surface area contributed by atoms with E-state index in [-0.39, 0.29) is 12.4 Å². The van der Waals surface area contributed by atoms with Crippen LogP contribution in [-0.2, 0) is 6.54 Å². The van der Waals surface area contributed by atoms with Crippen LogP contribution in [0.2, 0.25) is 0 Å². The van der Waals surface area contributed by atoms with E-state index in [9.17, 15) is 0 Å². The van der Waals surface area contributed by atoms with Crippen LogP contribution in [0.25, 0.3) is 10.9 Å². The van der Waals surface area contributed by atoms with Crippen LogP contribution in [0.5, 0.6) is 0 Å². The molecule has 0 fully saturated rings. The van der Waals surface area contributed by atoms with Crippen molar-refractivity contribution in [2.75, 3.05) is 5.32 Å². The Morgan fingerprint density at radius 1 is 1.05 bits per heavy atom. The van der Waals surface area contributed by atoms with Gasteiger partial charge in [-0.25, -0.2) is 0 Å². The Morgan fingerprint density at radius 2 is 1.77 bits per heavy atom. The molecular formula is C18H18BrClN2. The molecule has 0 spiro atoms. The second-order valence-electron chi connectivity index (χ2n) is 5.24. The Labute approximate surface area is 145 Å². The molecular weight excluding hydrogens is 360 g/mol. The van der Waals surface area contributed by atoms with Crippen LogP contribution >= 0.6 is 28.3 Å². The standard InChI is InChI=1S/C18H17BrN2.ClH/c1-12-4-3-5-13(2)16(12)11-21-17-8-9-20-18-10-14(19)6-7-15(17)18;/h3-10H,11H2,1-2H3,(H,20,21);1H. The van der Waals surface area contributed by atoms with E-state index < -0.39 is 0 Å². The molecule has 114 valence electrons. The first-order valence-corrected chi connectivity index (χ1v) is 7.77. The lowest BCUT2D eigenvalue weighted by Crippen LogP contribution is -2.04. The van der Waals surface area contributed by atoms with Crippen LogP contribution in [0.15, 0.2) is 53.1 Å². The van der Waals surface area contributed by atoms with Crippen LogP contribution < -0.4 is 5.32 Å². The number of pyridine rings is 1. The number of rotatable bonds is 3. The van der Waals surface area contributed by atoms with Crippen molar-refractivity contribution in [2.24, 2.45) is 0 Å². The number of aromatic nitrogens is 1. The molecule has 0 saturated carbocycles. The zero-order valence-electron chi connectivity index (χ0n) is 12.6. The SMILES string of the molecule is Cc1cccc(C)c1CNc1ccnc2cc(Br)ccc12.Cl. The van der Waals surface area contributed by atoms with E-state index in [1.54, 1.807) is 0 Å². The molecule has 1 N–H and O–H groups in total. The minimum Gasteiger partial charge on any atom is -0.380 e. The van der Waals surface area contributed by atoms with Gasteiger partial charge in [-0.15, -0.1) is 12.4 Å². The highest BCUT2D eigenvalue weighted by molar-refractivity contribution is 9.10. The highest BCUT2D eigenvalue weighted by Crippen LogP contribution is 2.25. The number of nitrogens with zero attached hydrogens (tertiary/aromatic N) is 1. The molecule has 3 aromatic rings. The van der Waals surface area contributed by atoms with Gasteiger partial charge in [0.15, 0.2) is 0 Å². The second kappa shape index (κ2) is 7.12. The molecule has 22 heavy (non-hydrogen) atoms. The van der Waals surface area contributed by atoms with Gasteiger partial charge < -0.3 is 5.32 Å². The van der Waals surface area contributed by atoms with Gasteiger partial charge in [0.1, 0.15) is 0 Å². The van der Waals surface area contributed by atoms with Gasteiger partial charge in [0, 0.05) is 28.3 Å². The average Bonchev–Trinajstić information content (AvgIpc) is 2.46. The van der Waals surface area contributed by atoms with Crippen LogP contribution in [0, 0.1) is 13.8 Å². The third-order valence-electron chi connectivity index (χ3n) is 3.80. The van der Waals surface area contributed by atoms with Crippen LogP contribution in [0.4, 0.5) is 5.69 Å². The summed E-state index contributed by atoms with van der Waals surface area (Å²) in [5.41, 5.74) is 6.12. The fourth-order valence-corrected chi connectivity index (χ4v) is 2.94. The van der Waals surface area contributed by atoms with E-state index in [1.165, 1.54) is 16.7 Å². The van der Waals surface area contributed by atoms with Gasteiger partial charge in [0.25, 0.3) is 0 Å². The molecule has 0 radical (unpaired) electrons. The van der Waals surface area contributed by atoms with Crippen molar-refractivity contribution in [1.29, 1.82) is 0 Å². The van der Waals surface area contributed by atoms with Crippen LogP contribution in [0.3, 0.4) is 0 Å². The van der Waals surface area contributed by atoms with Crippen LogP contribution in [0.1, 0.15) is 16.7 Å². The molecule has 0 atom stereocenters. The summed E-state index contributed by atoms with van der Waals surface area (Å²) < 4.78 is 1.05. The molecule has 1 aromatic heterocycles. The van der Waals surface area contributed by atoms with Crippen molar-refractivity contribution >= 4 is 44.9 Å². The van der Waals surface area contributed by atoms with Crippen molar-refractivity contribution in [3.8, 4) is 0 Å². The van der Waals surface area contributed by atoms with Gasteiger partial charge >= 0.3 is 0 Å². The highest BCUT2D eigenvalue weighted by Gasteiger charge is 2.05. The summed E-state index contributed by atoms with van der Waals surface area (Å²) in [5.74, 6) is 0. The van der Waals surface area contributed by atoms with Crippen molar-refractivity contribution in [2.45, 2.75) is 20.4 Å². The fraction of sp³-hybridized carbons (Fsp3) is 0.167. The summed E-state index contributed by atoms with van der Waals surface area (Å²) in [6.07, 6.45) is 1.85. The smallest absolute Gasteiger partial charge is 0.0733 e. The summed E-state index contributed by atoms with van der Waals surface area (Å²) in [7, 11) is 0. The normalized spacial score (nSPS) is 10.3. The first-order chi connectivity index (χ1) is 10.1. The average molecular weight is 378 g/mol. The first kappa shape index (κ1) is 16.8. The molecule has 0 unspecified atom stereocenters. The summed E-state index contributed by atoms with van der Waals surface area (Å²) >= 11 is 3.49. The van der Waals surface area contributed by atoms with Crippen molar-refractivity contribution in [1.82, 2.24) is 4.98 Å². The zero-order chi connectivity index (χ0) is 14.8. The molecule has 2 aromatic carbocycles. The maximum atomic E-state index is 4.42. The van der Waals surface area contributed by atoms with E-state index in [0.717, 1.165) is 27.6 Å². The predicted octanol–water partition coefficient (Wildman–Crippen LogP) is 5.65. The third-order valence-corrected chi connectivity index (χ3v) is 4.30. The lowest BCUT2D eigenvalue weighted by Gasteiger charge is -2.13. The monoisotopic (exact) mass is 376 g/mol. The third kappa shape index (κ3) is 3.42. The molecule has 2 nitrogen and oxygen atoms in total. The topological polar surface area (TPSA) is 24.9 Å². The van der Waals surface area contributed by atoms with Gasteiger partial charge in [-0.1, -0.05) is 34.1 Å². The zero-order valence-corrected chi connectivity index (χ0v) is 15.0. The van der Waals surface area contributed by atoms with Gasteiger partial charge in [-0.3, -0.25) is 4.98 Å². The fourth-order valence-electron chi connectivity index (χ4n) is 2.59. The Bertz CT molecular complexity index is 782. The maximum absolute atomic E-state index is 4.42. The van der Waals surface area contributed by atoms with Crippen LogP contribution in [-0.4, -0.2) is 4.98 Å². The molecule has 4 heteroatoms. The molecule has 0 aliphatic heterocycles. The largest absolute Gasteiger partial charge is 0.380 e. The molecule has 1 heterocycles.